The molecule has 0 spiro atoms. The minimum Gasteiger partial charge on any atom is -0.492 e. The monoisotopic (exact) mass is 208 g/mol. The van der Waals surface area contributed by atoms with Crippen LogP contribution < -0.4 is 4.74 Å². The number of benzene rings is 1. The fraction of sp³-hybridized carbons (Fsp3) is 0.333. The van der Waals surface area contributed by atoms with Crippen LogP contribution in [0.2, 0.25) is 0 Å². The lowest BCUT2D eigenvalue weighted by atomic mass is 10.1. The summed E-state index contributed by atoms with van der Waals surface area (Å²) in [5.74, 6) is 2.52. The summed E-state index contributed by atoms with van der Waals surface area (Å²) in [6.45, 7) is 1.92. The molecule has 0 saturated heterocycles. The molecule has 1 aromatic rings. The highest BCUT2D eigenvalue weighted by Crippen LogP contribution is 2.25. The number of rotatable bonds is 4. The van der Waals surface area contributed by atoms with Gasteiger partial charge in [-0.05, 0) is 25.1 Å². The summed E-state index contributed by atoms with van der Waals surface area (Å²) in [4.78, 5) is 0. The maximum absolute atomic E-state index is 12.9. The van der Waals surface area contributed by atoms with Crippen LogP contribution in [0.1, 0.15) is 25.0 Å². The van der Waals surface area contributed by atoms with Crippen molar-refractivity contribution in [3.63, 3.8) is 0 Å². The second-order valence-corrected chi connectivity index (χ2v) is 3.16. The molecule has 0 bridgehead atoms. The van der Waals surface area contributed by atoms with Crippen molar-refractivity contribution in [3.8, 4) is 18.1 Å². The van der Waals surface area contributed by atoms with E-state index in [-0.39, 0.29) is 0 Å². The molecule has 0 radical (unpaired) electrons. The molecule has 0 aliphatic rings. The van der Waals surface area contributed by atoms with E-state index in [0.717, 1.165) is 0 Å². The minimum absolute atomic E-state index is 0.363. The van der Waals surface area contributed by atoms with Gasteiger partial charge in [0, 0.05) is 12.0 Å². The standard InChI is InChI=1S/C12H13FO2/c1-3-4-7-15-12-6-5-10(13)8-11(12)9(2)14/h1,5-6,8-9,14H,4,7H2,2H3/t9-/m0/s1. The first-order chi connectivity index (χ1) is 7.15. The highest BCUT2D eigenvalue weighted by Gasteiger charge is 2.10. The van der Waals surface area contributed by atoms with E-state index in [9.17, 15) is 9.50 Å². The zero-order valence-electron chi connectivity index (χ0n) is 8.53. The van der Waals surface area contributed by atoms with Gasteiger partial charge in [-0.15, -0.1) is 12.3 Å². The van der Waals surface area contributed by atoms with Crippen LogP contribution in [0.5, 0.6) is 5.75 Å². The second kappa shape index (κ2) is 5.38. The van der Waals surface area contributed by atoms with Crippen molar-refractivity contribution in [2.45, 2.75) is 19.4 Å². The zero-order chi connectivity index (χ0) is 11.3. The van der Waals surface area contributed by atoms with Gasteiger partial charge in [-0.1, -0.05) is 0 Å². The van der Waals surface area contributed by atoms with Crippen LogP contribution in [-0.4, -0.2) is 11.7 Å². The molecule has 0 aromatic heterocycles. The Labute approximate surface area is 88.7 Å². The average Bonchev–Trinajstić information content (AvgIpc) is 2.20. The number of halogens is 1. The number of aliphatic hydroxyl groups is 1. The Morgan fingerprint density at radius 3 is 2.93 bits per heavy atom. The molecule has 0 aliphatic carbocycles. The van der Waals surface area contributed by atoms with Gasteiger partial charge in [-0.2, -0.15) is 0 Å². The lowest BCUT2D eigenvalue weighted by molar-refractivity contribution is 0.191. The van der Waals surface area contributed by atoms with Crippen molar-refractivity contribution < 1.29 is 14.2 Å². The molecule has 0 aliphatic heterocycles. The predicted octanol–water partition coefficient (Wildman–Crippen LogP) is 2.28. The summed E-state index contributed by atoms with van der Waals surface area (Å²) in [6.07, 6.45) is 4.80. The summed E-state index contributed by atoms with van der Waals surface area (Å²) in [5.41, 5.74) is 0.437. The quantitative estimate of drug-likeness (QED) is 0.607. The Kier molecular flexibility index (Phi) is 4.14. The molecular weight excluding hydrogens is 195 g/mol. The molecule has 2 nitrogen and oxygen atoms in total. The molecule has 0 unspecified atom stereocenters. The summed E-state index contributed by atoms with van der Waals surface area (Å²) < 4.78 is 18.2. The first-order valence-electron chi connectivity index (χ1n) is 4.69. The summed E-state index contributed by atoms with van der Waals surface area (Å²) >= 11 is 0. The van der Waals surface area contributed by atoms with Crippen LogP contribution in [0.15, 0.2) is 18.2 Å². The van der Waals surface area contributed by atoms with Gasteiger partial charge in [0.1, 0.15) is 11.6 Å². The van der Waals surface area contributed by atoms with Crippen LogP contribution in [0.25, 0.3) is 0 Å². The van der Waals surface area contributed by atoms with Crippen LogP contribution in [-0.2, 0) is 0 Å². The number of aliphatic hydroxyl groups excluding tert-OH is 1. The normalized spacial score (nSPS) is 11.9. The van der Waals surface area contributed by atoms with Crippen LogP contribution in [0, 0.1) is 18.2 Å². The van der Waals surface area contributed by atoms with Gasteiger partial charge < -0.3 is 9.84 Å². The molecule has 0 fully saturated rings. The fourth-order valence-electron chi connectivity index (χ4n) is 1.20. The Morgan fingerprint density at radius 1 is 1.60 bits per heavy atom. The molecule has 1 rings (SSSR count). The summed E-state index contributed by atoms with van der Waals surface area (Å²) in [6, 6.07) is 4.04. The zero-order valence-corrected chi connectivity index (χ0v) is 8.53. The van der Waals surface area contributed by atoms with Gasteiger partial charge in [0.05, 0.1) is 12.7 Å². The first-order valence-corrected chi connectivity index (χ1v) is 4.69. The molecule has 15 heavy (non-hydrogen) atoms. The van der Waals surface area contributed by atoms with Gasteiger partial charge in [0.15, 0.2) is 0 Å². The van der Waals surface area contributed by atoms with Gasteiger partial charge in [-0.3, -0.25) is 0 Å². The predicted molar refractivity (Wildman–Crippen MR) is 56.0 cm³/mol. The Bertz CT molecular complexity index is 366. The Balaban J connectivity index is 2.82. The van der Waals surface area contributed by atoms with Crippen molar-refractivity contribution in [3.05, 3.63) is 29.6 Å². The number of terminal acetylenes is 1. The highest BCUT2D eigenvalue weighted by molar-refractivity contribution is 5.35. The third-order valence-corrected chi connectivity index (χ3v) is 1.93. The van der Waals surface area contributed by atoms with E-state index in [1.165, 1.54) is 18.2 Å². The van der Waals surface area contributed by atoms with Gasteiger partial charge >= 0.3 is 0 Å². The van der Waals surface area contributed by atoms with E-state index in [1.807, 2.05) is 0 Å². The number of hydrogen-bond donors (Lipinski definition) is 1. The largest absolute Gasteiger partial charge is 0.492 e. The highest BCUT2D eigenvalue weighted by atomic mass is 19.1. The molecule has 1 N–H and O–H groups in total. The molecule has 80 valence electrons. The van der Waals surface area contributed by atoms with E-state index >= 15 is 0 Å². The van der Waals surface area contributed by atoms with Crippen molar-refractivity contribution >= 4 is 0 Å². The third-order valence-electron chi connectivity index (χ3n) is 1.93. The van der Waals surface area contributed by atoms with Crippen LogP contribution in [0.3, 0.4) is 0 Å². The SMILES string of the molecule is C#CCCOc1ccc(F)cc1[C@H](C)O. The minimum atomic E-state index is -0.762. The summed E-state index contributed by atoms with van der Waals surface area (Å²) in [7, 11) is 0. The second-order valence-electron chi connectivity index (χ2n) is 3.16. The molecule has 1 atom stereocenters. The van der Waals surface area contributed by atoms with E-state index in [0.29, 0.717) is 24.3 Å². The van der Waals surface area contributed by atoms with Crippen molar-refractivity contribution in [1.82, 2.24) is 0 Å². The van der Waals surface area contributed by atoms with E-state index in [1.54, 1.807) is 6.92 Å². The average molecular weight is 208 g/mol. The maximum atomic E-state index is 12.9. The third kappa shape index (κ3) is 3.26. The Hall–Kier alpha value is -1.53. The van der Waals surface area contributed by atoms with E-state index in [2.05, 4.69) is 5.92 Å². The smallest absolute Gasteiger partial charge is 0.125 e. The molecular formula is C12H13FO2. The molecule has 3 heteroatoms. The van der Waals surface area contributed by atoms with E-state index in [4.69, 9.17) is 11.2 Å². The van der Waals surface area contributed by atoms with Crippen LogP contribution in [0.4, 0.5) is 4.39 Å². The first kappa shape index (κ1) is 11.5. The molecule has 0 amide bonds. The topological polar surface area (TPSA) is 29.5 Å². The molecule has 0 heterocycles. The summed E-state index contributed by atoms with van der Waals surface area (Å²) in [5, 5.41) is 9.40. The van der Waals surface area contributed by atoms with Crippen molar-refractivity contribution in [2.75, 3.05) is 6.61 Å². The van der Waals surface area contributed by atoms with Gasteiger partial charge in [0.25, 0.3) is 0 Å². The fourth-order valence-corrected chi connectivity index (χ4v) is 1.20. The van der Waals surface area contributed by atoms with Crippen molar-refractivity contribution in [2.24, 2.45) is 0 Å². The van der Waals surface area contributed by atoms with Crippen molar-refractivity contribution in [1.29, 1.82) is 0 Å². The Morgan fingerprint density at radius 2 is 2.33 bits per heavy atom. The molecule has 1 aromatic carbocycles. The number of hydrogen-bond acceptors (Lipinski definition) is 2. The van der Waals surface area contributed by atoms with E-state index < -0.39 is 11.9 Å². The van der Waals surface area contributed by atoms with Gasteiger partial charge in [0.2, 0.25) is 0 Å². The van der Waals surface area contributed by atoms with Gasteiger partial charge in [-0.25, -0.2) is 4.39 Å². The lowest BCUT2D eigenvalue weighted by Crippen LogP contribution is -2.02. The number of ether oxygens (including phenoxy) is 1. The lowest BCUT2D eigenvalue weighted by Gasteiger charge is -2.12. The van der Waals surface area contributed by atoms with Crippen LogP contribution >= 0.6 is 0 Å². The molecule has 0 saturated carbocycles. The maximum Gasteiger partial charge on any atom is 0.125 e.